The molecule has 0 aliphatic carbocycles. The minimum absolute atomic E-state index is 0.162. The molecule has 1 aromatic heterocycles. The van der Waals surface area contributed by atoms with Crippen LogP contribution in [0.5, 0.6) is 0 Å². The van der Waals surface area contributed by atoms with E-state index in [-0.39, 0.29) is 6.79 Å². The van der Waals surface area contributed by atoms with Crippen LogP contribution in [0.4, 0.5) is 5.82 Å². The summed E-state index contributed by atoms with van der Waals surface area (Å²) in [6.45, 7) is 0.834. The smallest absolute Gasteiger partial charge is 0.230 e. The highest BCUT2D eigenvalue weighted by molar-refractivity contribution is 5.58. The Morgan fingerprint density at radius 2 is 2.14 bits per heavy atom. The van der Waals surface area contributed by atoms with E-state index in [9.17, 15) is 0 Å². The average Bonchev–Trinajstić information content (AvgIpc) is 3.10. The van der Waals surface area contributed by atoms with Crippen LogP contribution >= 0.6 is 0 Å². The van der Waals surface area contributed by atoms with Crippen LogP contribution in [0.2, 0.25) is 0 Å². The van der Waals surface area contributed by atoms with Crippen LogP contribution in [0.15, 0.2) is 42.8 Å². The van der Waals surface area contributed by atoms with Gasteiger partial charge in [-0.2, -0.15) is 5.26 Å². The maximum absolute atomic E-state index is 9.15. The van der Waals surface area contributed by atoms with Crippen molar-refractivity contribution in [1.82, 2.24) is 9.97 Å². The first-order chi connectivity index (χ1) is 10.9. The van der Waals surface area contributed by atoms with Crippen molar-refractivity contribution >= 4 is 11.6 Å². The summed E-state index contributed by atoms with van der Waals surface area (Å²) in [4.78, 5) is 8.45. The zero-order valence-corrected chi connectivity index (χ0v) is 11.8. The Morgan fingerprint density at radius 3 is 2.86 bits per heavy atom. The molecule has 1 aliphatic rings. The van der Waals surface area contributed by atoms with E-state index in [0.29, 0.717) is 29.5 Å². The number of hydrogen-bond donors (Lipinski definition) is 1. The Bertz CT molecular complexity index is 723. The Balaban J connectivity index is 1.71. The first-order valence-corrected chi connectivity index (χ1v) is 6.86. The second kappa shape index (κ2) is 6.59. The Morgan fingerprint density at radius 1 is 1.27 bits per heavy atom. The normalized spacial score (nSPS) is 12.8. The lowest BCUT2D eigenvalue weighted by Crippen LogP contribution is -2.10. The number of benzene rings is 1. The van der Waals surface area contributed by atoms with E-state index in [2.05, 4.69) is 33.5 Å². The van der Waals surface area contributed by atoms with Gasteiger partial charge in [0.1, 0.15) is 23.7 Å². The molecule has 0 fully saturated rings. The summed E-state index contributed by atoms with van der Waals surface area (Å²) in [5.41, 5.74) is 1.62. The van der Waals surface area contributed by atoms with Crippen LogP contribution in [0.1, 0.15) is 17.0 Å². The first-order valence-electron chi connectivity index (χ1n) is 6.86. The number of aromatic nitrogens is 2. The van der Waals surface area contributed by atoms with Crippen molar-refractivity contribution in [2.75, 3.05) is 18.7 Å². The molecule has 2 heterocycles. The predicted octanol–water partition coefficient (Wildman–Crippen LogP) is 2.31. The topological polar surface area (TPSA) is 80.1 Å². The monoisotopic (exact) mass is 294 g/mol. The van der Waals surface area contributed by atoms with E-state index in [0.717, 1.165) is 6.42 Å². The van der Waals surface area contributed by atoms with E-state index >= 15 is 0 Å². The van der Waals surface area contributed by atoms with Crippen LogP contribution in [-0.2, 0) is 15.9 Å². The third-order valence-corrected chi connectivity index (χ3v) is 3.15. The average molecular weight is 294 g/mol. The fourth-order valence-electron chi connectivity index (χ4n) is 2.05. The van der Waals surface area contributed by atoms with Crippen LogP contribution in [0.3, 0.4) is 0 Å². The lowest BCUT2D eigenvalue weighted by molar-refractivity contribution is 0.0999. The highest BCUT2D eigenvalue weighted by atomic mass is 16.7. The SMILES string of the molecule is N#Cc1cnc(C2=COCO2)nc1NCCc1ccccc1. The van der Waals surface area contributed by atoms with E-state index < -0.39 is 0 Å². The molecule has 6 nitrogen and oxygen atoms in total. The van der Waals surface area contributed by atoms with Crippen molar-refractivity contribution in [2.45, 2.75) is 6.42 Å². The molecule has 1 N–H and O–H groups in total. The molecule has 0 radical (unpaired) electrons. The van der Waals surface area contributed by atoms with Gasteiger partial charge in [-0.1, -0.05) is 30.3 Å². The van der Waals surface area contributed by atoms with Gasteiger partial charge in [0.2, 0.25) is 12.6 Å². The fraction of sp³-hybridized carbons (Fsp3) is 0.188. The standard InChI is InChI=1S/C16H14N4O2/c17-8-13-9-19-16(14-10-21-11-22-14)20-15(13)18-7-6-12-4-2-1-3-5-12/h1-5,9-10H,6-7,11H2,(H,18,19,20). The molecule has 22 heavy (non-hydrogen) atoms. The minimum atomic E-state index is 0.162. The third kappa shape index (κ3) is 3.15. The molecule has 0 amide bonds. The number of nitrogens with zero attached hydrogens (tertiary/aromatic N) is 3. The highest BCUT2D eigenvalue weighted by Crippen LogP contribution is 2.19. The molecule has 0 atom stereocenters. The van der Waals surface area contributed by atoms with Gasteiger partial charge in [-0.15, -0.1) is 0 Å². The molecule has 1 aliphatic heterocycles. The van der Waals surface area contributed by atoms with E-state index in [1.54, 1.807) is 0 Å². The van der Waals surface area contributed by atoms with Gasteiger partial charge in [0, 0.05) is 6.54 Å². The molecular formula is C16H14N4O2. The van der Waals surface area contributed by atoms with Crippen molar-refractivity contribution < 1.29 is 9.47 Å². The third-order valence-electron chi connectivity index (χ3n) is 3.15. The van der Waals surface area contributed by atoms with E-state index in [1.807, 2.05) is 18.2 Å². The molecular weight excluding hydrogens is 280 g/mol. The van der Waals surface area contributed by atoms with Gasteiger partial charge in [0.15, 0.2) is 5.82 Å². The molecule has 1 aromatic carbocycles. The van der Waals surface area contributed by atoms with Gasteiger partial charge in [-0.25, -0.2) is 9.97 Å². The zero-order chi connectivity index (χ0) is 15.2. The van der Waals surface area contributed by atoms with Crippen LogP contribution in [0, 0.1) is 11.3 Å². The summed E-state index contributed by atoms with van der Waals surface area (Å²) in [6, 6.07) is 12.2. The van der Waals surface area contributed by atoms with Gasteiger partial charge < -0.3 is 14.8 Å². The molecule has 0 saturated carbocycles. The second-order valence-electron chi connectivity index (χ2n) is 4.64. The van der Waals surface area contributed by atoms with E-state index in [1.165, 1.54) is 18.0 Å². The van der Waals surface area contributed by atoms with Gasteiger partial charge in [0.25, 0.3) is 0 Å². The lowest BCUT2D eigenvalue weighted by atomic mass is 10.1. The van der Waals surface area contributed by atoms with Gasteiger partial charge in [0.05, 0.1) is 6.20 Å². The molecule has 0 spiro atoms. The molecule has 2 aromatic rings. The summed E-state index contributed by atoms with van der Waals surface area (Å²) in [6.07, 6.45) is 3.79. The van der Waals surface area contributed by atoms with Crippen LogP contribution in [0.25, 0.3) is 5.76 Å². The van der Waals surface area contributed by atoms with Crippen molar-refractivity contribution in [3.8, 4) is 6.07 Å². The first kappa shape index (κ1) is 13.9. The van der Waals surface area contributed by atoms with Crippen molar-refractivity contribution in [3.05, 3.63) is 59.7 Å². The number of anilines is 1. The minimum Gasteiger partial charge on any atom is -0.461 e. The second-order valence-corrected chi connectivity index (χ2v) is 4.64. The lowest BCUT2D eigenvalue weighted by Gasteiger charge is -2.08. The Labute approximate surface area is 128 Å². The summed E-state index contributed by atoms with van der Waals surface area (Å²) in [5.74, 6) is 1.37. The fourth-order valence-corrected chi connectivity index (χ4v) is 2.05. The summed E-state index contributed by atoms with van der Waals surface area (Å²) < 4.78 is 10.2. The van der Waals surface area contributed by atoms with Crippen LogP contribution in [-0.4, -0.2) is 23.3 Å². The Hall–Kier alpha value is -3.07. The zero-order valence-electron chi connectivity index (χ0n) is 11.8. The van der Waals surface area contributed by atoms with Gasteiger partial charge >= 0.3 is 0 Å². The molecule has 6 heteroatoms. The maximum Gasteiger partial charge on any atom is 0.230 e. The molecule has 110 valence electrons. The van der Waals surface area contributed by atoms with E-state index in [4.69, 9.17) is 14.7 Å². The number of nitrogens with one attached hydrogen (secondary N) is 1. The predicted molar refractivity (Wildman–Crippen MR) is 80.4 cm³/mol. The van der Waals surface area contributed by atoms with Crippen molar-refractivity contribution in [2.24, 2.45) is 0 Å². The van der Waals surface area contributed by atoms with Crippen molar-refractivity contribution in [1.29, 1.82) is 5.26 Å². The maximum atomic E-state index is 9.15. The summed E-state index contributed by atoms with van der Waals surface area (Å²) >= 11 is 0. The van der Waals surface area contributed by atoms with Crippen LogP contribution < -0.4 is 5.32 Å². The number of hydrogen-bond acceptors (Lipinski definition) is 6. The Kier molecular flexibility index (Phi) is 4.16. The molecule has 3 rings (SSSR count). The van der Waals surface area contributed by atoms with Crippen molar-refractivity contribution in [3.63, 3.8) is 0 Å². The molecule has 0 saturated heterocycles. The highest BCUT2D eigenvalue weighted by Gasteiger charge is 2.15. The van der Waals surface area contributed by atoms with Gasteiger partial charge in [-0.05, 0) is 12.0 Å². The van der Waals surface area contributed by atoms with Gasteiger partial charge in [-0.3, -0.25) is 0 Å². The molecule has 0 bridgehead atoms. The number of nitriles is 1. The summed E-state index contributed by atoms with van der Waals surface area (Å²) in [5, 5.41) is 12.3. The largest absolute Gasteiger partial charge is 0.461 e. The number of rotatable bonds is 5. The summed E-state index contributed by atoms with van der Waals surface area (Å²) in [7, 11) is 0. The quantitative estimate of drug-likeness (QED) is 0.911. The molecule has 0 unspecified atom stereocenters. The number of ether oxygens (including phenoxy) is 2.